The van der Waals surface area contributed by atoms with Crippen molar-refractivity contribution in [3.05, 3.63) is 59.7 Å². The summed E-state index contributed by atoms with van der Waals surface area (Å²) in [5.41, 5.74) is 0.915. The number of nitrogens with zero attached hydrogens (tertiary/aromatic N) is 2. The average Bonchev–Trinajstić information content (AvgIpc) is 3.07. The normalized spacial score (nSPS) is 11.3. The third kappa shape index (κ3) is 4.48. The number of amides is 1. The molecule has 27 heavy (non-hydrogen) atoms. The van der Waals surface area contributed by atoms with Crippen LogP contribution in [0.1, 0.15) is 24.2 Å². The van der Waals surface area contributed by atoms with E-state index >= 15 is 0 Å². The van der Waals surface area contributed by atoms with E-state index in [1.807, 2.05) is 0 Å². The summed E-state index contributed by atoms with van der Waals surface area (Å²) in [5.74, 6) is -1.10. The molecule has 3 aromatic rings. The Morgan fingerprint density at radius 3 is 2.56 bits per heavy atom. The van der Waals surface area contributed by atoms with Gasteiger partial charge < -0.3 is 4.90 Å². The summed E-state index contributed by atoms with van der Waals surface area (Å²) in [6, 6.07) is 10.0. The molecule has 4 nitrogen and oxygen atoms in total. The van der Waals surface area contributed by atoms with E-state index in [4.69, 9.17) is 0 Å². The number of halogens is 2. The molecular formula is C20H22F2N3OS+. The molecule has 1 amide bonds. The summed E-state index contributed by atoms with van der Waals surface area (Å²) in [7, 11) is 0. The number of carbonyl (C=O) groups excluding carboxylic acids is 1. The van der Waals surface area contributed by atoms with E-state index in [0.717, 1.165) is 19.6 Å². The lowest BCUT2D eigenvalue weighted by molar-refractivity contribution is -0.894. The quantitative estimate of drug-likeness (QED) is 0.673. The van der Waals surface area contributed by atoms with E-state index in [9.17, 15) is 13.6 Å². The van der Waals surface area contributed by atoms with Gasteiger partial charge in [0.1, 0.15) is 11.6 Å². The number of thiazole rings is 1. The van der Waals surface area contributed by atoms with Gasteiger partial charge in [-0.1, -0.05) is 17.4 Å². The zero-order chi connectivity index (χ0) is 19.4. The highest BCUT2D eigenvalue weighted by Crippen LogP contribution is 2.30. The average molecular weight is 390 g/mol. The fraction of sp³-hybridized carbons (Fsp3) is 0.300. The number of benzene rings is 2. The number of anilines is 1. The van der Waals surface area contributed by atoms with Crippen molar-refractivity contribution in [1.82, 2.24) is 4.98 Å². The van der Waals surface area contributed by atoms with Crippen molar-refractivity contribution in [3.63, 3.8) is 0 Å². The third-order valence-electron chi connectivity index (χ3n) is 4.58. The first-order valence-electron chi connectivity index (χ1n) is 8.99. The van der Waals surface area contributed by atoms with Gasteiger partial charge in [-0.05, 0) is 50.2 Å². The van der Waals surface area contributed by atoms with Crippen LogP contribution < -0.4 is 9.80 Å². The standard InChI is InChI=1S/C20H21F2N3OS/c1-3-24(4-2)10-11-25(19(26)14-6-5-7-15(21)12-14)20-23-17-9-8-16(22)13-18(17)27-20/h5-9,12-13H,3-4,10-11H2,1-2H3/p+1. The molecule has 0 spiro atoms. The summed E-state index contributed by atoms with van der Waals surface area (Å²) in [4.78, 5) is 20.5. The Kier molecular flexibility index (Phi) is 6.13. The lowest BCUT2D eigenvalue weighted by Crippen LogP contribution is -3.12. The number of quaternary nitrogens is 1. The molecule has 1 N–H and O–H groups in total. The van der Waals surface area contributed by atoms with Gasteiger partial charge in [-0.2, -0.15) is 0 Å². The minimum atomic E-state index is -0.457. The molecule has 7 heteroatoms. The molecule has 0 saturated heterocycles. The predicted molar refractivity (Wildman–Crippen MR) is 105 cm³/mol. The number of hydrogen-bond acceptors (Lipinski definition) is 3. The number of fused-ring (bicyclic) bond motifs is 1. The molecule has 142 valence electrons. The lowest BCUT2D eigenvalue weighted by atomic mass is 10.2. The van der Waals surface area contributed by atoms with E-state index in [0.29, 0.717) is 21.9 Å². The van der Waals surface area contributed by atoms with Crippen LogP contribution in [0.2, 0.25) is 0 Å². The molecule has 0 aliphatic heterocycles. The maximum Gasteiger partial charge on any atom is 0.260 e. The van der Waals surface area contributed by atoms with Gasteiger partial charge in [0, 0.05) is 5.56 Å². The summed E-state index contributed by atoms with van der Waals surface area (Å²) in [6.07, 6.45) is 0. The van der Waals surface area contributed by atoms with Crippen molar-refractivity contribution < 1.29 is 18.5 Å². The molecule has 3 rings (SSSR count). The van der Waals surface area contributed by atoms with Gasteiger partial charge in [0.25, 0.3) is 5.91 Å². The Morgan fingerprint density at radius 1 is 1.11 bits per heavy atom. The Morgan fingerprint density at radius 2 is 1.85 bits per heavy atom. The van der Waals surface area contributed by atoms with Crippen molar-refractivity contribution >= 4 is 32.6 Å². The van der Waals surface area contributed by atoms with Crippen molar-refractivity contribution in [3.8, 4) is 0 Å². The van der Waals surface area contributed by atoms with Gasteiger partial charge in [-0.3, -0.25) is 9.69 Å². The van der Waals surface area contributed by atoms with Gasteiger partial charge in [0.05, 0.1) is 36.4 Å². The second-order valence-electron chi connectivity index (χ2n) is 6.28. The van der Waals surface area contributed by atoms with Crippen LogP contribution in [0.15, 0.2) is 42.5 Å². The Balaban J connectivity index is 1.96. The van der Waals surface area contributed by atoms with Crippen LogP contribution in [0.25, 0.3) is 10.2 Å². The van der Waals surface area contributed by atoms with Crippen molar-refractivity contribution in [1.29, 1.82) is 0 Å². The van der Waals surface area contributed by atoms with E-state index in [-0.39, 0.29) is 17.3 Å². The summed E-state index contributed by atoms with van der Waals surface area (Å²) >= 11 is 1.26. The summed E-state index contributed by atoms with van der Waals surface area (Å²) in [6.45, 7) is 7.29. The van der Waals surface area contributed by atoms with Crippen molar-refractivity contribution in [2.45, 2.75) is 13.8 Å². The molecule has 0 aliphatic carbocycles. The summed E-state index contributed by atoms with van der Waals surface area (Å²) < 4.78 is 27.8. The highest BCUT2D eigenvalue weighted by molar-refractivity contribution is 7.22. The van der Waals surface area contributed by atoms with E-state index < -0.39 is 5.82 Å². The molecule has 0 atom stereocenters. The molecular weight excluding hydrogens is 368 g/mol. The first kappa shape index (κ1) is 19.4. The minimum absolute atomic E-state index is 0.273. The smallest absolute Gasteiger partial charge is 0.260 e. The molecule has 0 aliphatic rings. The zero-order valence-electron chi connectivity index (χ0n) is 15.3. The van der Waals surface area contributed by atoms with Crippen LogP contribution in [-0.4, -0.2) is 37.1 Å². The minimum Gasteiger partial charge on any atom is -0.334 e. The Hall–Kier alpha value is -2.38. The van der Waals surface area contributed by atoms with Gasteiger partial charge >= 0.3 is 0 Å². The predicted octanol–water partition coefficient (Wildman–Crippen LogP) is 3.15. The maximum absolute atomic E-state index is 13.6. The van der Waals surface area contributed by atoms with Gasteiger partial charge in [0.15, 0.2) is 5.13 Å². The number of nitrogens with one attached hydrogen (secondary N) is 1. The highest BCUT2D eigenvalue weighted by Gasteiger charge is 2.23. The van der Waals surface area contributed by atoms with Gasteiger partial charge in [-0.15, -0.1) is 0 Å². The fourth-order valence-corrected chi connectivity index (χ4v) is 3.95. The van der Waals surface area contributed by atoms with E-state index in [2.05, 4.69) is 18.8 Å². The second-order valence-corrected chi connectivity index (χ2v) is 7.29. The number of aromatic nitrogens is 1. The second kappa shape index (κ2) is 8.54. The lowest BCUT2D eigenvalue weighted by Gasteiger charge is -2.23. The van der Waals surface area contributed by atoms with Crippen LogP contribution >= 0.6 is 11.3 Å². The van der Waals surface area contributed by atoms with E-state index in [1.165, 1.54) is 46.6 Å². The Labute approximate surface area is 161 Å². The zero-order valence-corrected chi connectivity index (χ0v) is 16.2. The van der Waals surface area contributed by atoms with Crippen molar-refractivity contribution in [2.75, 3.05) is 31.1 Å². The molecule has 1 heterocycles. The van der Waals surface area contributed by atoms with Crippen LogP contribution in [0, 0.1) is 11.6 Å². The van der Waals surface area contributed by atoms with Gasteiger partial charge in [0.2, 0.25) is 0 Å². The van der Waals surface area contributed by atoms with Crippen LogP contribution in [0.5, 0.6) is 0 Å². The number of hydrogen-bond donors (Lipinski definition) is 1. The molecule has 0 radical (unpaired) electrons. The summed E-state index contributed by atoms with van der Waals surface area (Å²) in [5, 5.41) is 0.497. The first-order valence-corrected chi connectivity index (χ1v) is 9.80. The van der Waals surface area contributed by atoms with Crippen molar-refractivity contribution in [2.24, 2.45) is 0 Å². The number of carbonyl (C=O) groups is 1. The number of rotatable bonds is 7. The third-order valence-corrected chi connectivity index (χ3v) is 5.62. The SMILES string of the molecule is CC[NH+](CC)CCN(C(=O)c1cccc(F)c1)c1nc2ccc(F)cc2s1. The largest absolute Gasteiger partial charge is 0.334 e. The van der Waals surface area contributed by atoms with Crippen LogP contribution in [-0.2, 0) is 0 Å². The molecule has 0 saturated carbocycles. The molecule has 2 aromatic carbocycles. The Bertz CT molecular complexity index is 940. The topological polar surface area (TPSA) is 37.6 Å². The highest BCUT2D eigenvalue weighted by atomic mass is 32.1. The molecule has 0 bridgehead atoms. The number of likely N-dealkylation sites (N-methyl/N-ethyl adjacent to an activating group) is 1. The molecule has 1 aromatic heterocycles. The van der Waals surface area contributed by atoms with Gasteiger partial charge in [-0.25, -0.2) is 13.8 Å². The fourth-order valence-electron chi connectivity index (χ4n) is 2.94. The van der Waals surface area contributed by atoms with E-state index in [1.54, 1.807) is 17.0 Å². The monoisotopic (exact) mass is 390 g/mol. The first-order chi connectivity index (χ1) is 13.0. The maximum atomic E-state index is 13.6. The molecule has 0 fully saturated rings. The van der Waals surface area contributed by atoms with Crippen LogP contribution in [0.3, 0.4) is 0 Å². The van der Waals surface area contributed by atoms with Crippen LogP contribution in [0.4, 0.5) is 13.9 Å². The molecule has 0 unspecified atom stereocenters.